The molecule has 2 aromatic rings. The van der Waals surface area contributed by atoms with Crippen LogP contribution in [0, 0.1) is 0 Å². The van der Waals surface area contributed by atoms with Crippen molar-refractivity contribution < 1.29 is 19.4 Å². The van der Waals surface area contributed by atoms with Gasteiger partial charge in [-0.3, -0.25) is 4.79 Å². The van der Waals surface area contributed by atoms with Gasteiger partial charge in [-0.25, -0.2) is 0 Å². The molecule has 0 aliphatic carbocycles. The monoisotopic (exact) mass is 374 g/mol. The van der Waals surface area contributed by atoms with E-state index in [0.717, 1.165) is 34.6 Å². The highest BCUT2D eigenvalue weighted by molar-refractivity contribution is 6.33. The smallest absolute Gasteiger partial charge is 0.303 e. The van der Waals surface area contributed by atoms with Crippen molar-refractivity contribution in [3.63, 3.8) is 0 Å². The molecular weight excluding hydrogens is 352 g/mol. The summed E-state index contributed by atoms with van der Waals surface area (Å²) in [6, 6.07) is 15.5. The summed E-state index contributed by atoms with van der Waals surface area (Å²) in [4.78, 5) is 10.7. The van der Waals surface area contributed by atoms with E-state index in [9.17, 15) is 4.79 Å². The highest BCUT2D eigenvalue weighted by Gasteiger charge is 2.12. The van der Waals surface area contributed by atoms with Gasteiger partial charge in [-0.15, -0.1) is 0 Å². The number of allylic oxidation sites excluding steroid dienone is 1. The Morgan fingerprint density at radius 2 is 1.27 bits per heavy atom. The maximum atomic E-state index is 10.7. The van der Waals surface area contributed by atoms with Crippen LogP contribution in [0.1, 0.15) is 36.8 Å². The average molecular weight is 375 g/mol. The molecule has 0 fully saturated rings. The van der Waals surface area contributed by atoms with Gasteiger partial charge >= 0.3 is 5.97 Å². The number of rotatable bonds is 9. The molecule has 0 saturated heterocycles. The Morgan fingerprint density at radius 3 is 1.65 bits per heavy atom. The summed E-state index contributed by atoms with van der Waals surface area (Å²) in [5.41, 5.74) is 2.91. The summed E-state index contributed by atoms with van der Waals surface area (Å²) in [7, 11) is 3.26. The summed E-state index contributed by atoms with van der Waals surface area (Å²) < 4.78 is 10.5. The Kier molecular flexibility index (Phi) is 7.54. The van der Waals surface area contributed by atoms with Crippen molar-refractivity contribution in [2.45, 2.75) is 25.7 Å². The lowest BCUT2D eigenvalue weighted by molar-refractivity contribution is -0.137. The Bertz CT molecular complexity index is 699. The number of hydrogen-bond donors (Lipinski definition) is 1. The SMILES string of the molecule is COc1ccc(C(=C(Cl)CCCCC(=O)O)c2ccc(OC)cc2)cc1. The summed E-state index contributed by atoms with van der Waals surface area (Å²) in [6.07, 6.45) is 2.11. The number of methoxy groups -OCH3 is 2. The second kappa shape index (κ2) is 9.88. The maximum absolute atomic E-state index is 10.7. The lowest BCUT2D eigenvalue weighted by Crippen LogP contribution is -1.95. The molecule has 0 aliphatic heterocycles. The Labute approximate surface area is 159 Å². The van der Waals surface area contributed by atoms with Crippen LogP contribution < -0.4 is 9.47 Å². The maximum Gasteiger partial charge on any atom is 0.303 e. The normalized spacial score (nSPS) is 10.3. The number of ether oxygens (including phenoxy) is 2. The van der Waals surface area contributed by atoms with Crippen molar-refractivity contribution in [3.05, 3.63) is 64.7 Å². The standard InChI is InChI=1S/C21H23ClO4/c1-25-17-11-7-15(8-12-17)21(16-9-13-18(26-2)14-10-16)19(22)5-3-4-6-20(23)24/h7-14H,3-6H2,1-2H3,(H,23,24). The van der Waals surface area contributed by atoms with E-state index in [1.165, 1.54) is 0 Å². The van der Waals surface area contributed by atoms with Crippen LogP contribution in [0.15, 0.2) is 53.6 Å². The van der Waals surface area contributed by atoms with Crippen molar-refractivity contribution >= 4 is 23.1 Å². The molecule has 0 atom stereocenters. The summed E-state index contributed by atoms with van der Waals surface area (Å²) in [5.74, 6) is 0.774. The van der Waals surface area contributed by atoms with Gasteiger partial charge in [0.05, 0.1) is 14.2 Å². The number of carbonyl (C=O) groups is 1. The highest BCUT2D eigenvalue weighted by atomic mass is 35.5. The molecule has 0 bridgehead atoms. The first-order chi connectivity index (χ1) is 12.5. The average Bonchev–Trinajstić information content (AvgIpc) is 2.66. The molecule has 1 N–H and O–H groups in total. The first kappa shape index (κ1) is 19.9. The molecular formula is C21H23ClO4. The molecule has 5 heteroatoms. The number of aliphatic carboxylic acids is 1. The predicted molar refractivity (Wildman–Crippen MR) is 104 cm³/mol. The second-order valence-corrected chi connectivity index (χ2v) is 6.29. The van der Waals surface area contributed by atoms with Crippen LogP contribution in [0.4, 0.5) is 0 Å². The van der Waals surface area contributed by atoms with Crippen LogP contribution in [0.2, 0.25) is 0 Å². The van der Waals surface area contributed by atoms with E-state index in [4.69, 9.17) is 26.2 Å². The van der Waals surface area contributed by atoms with Crippen LogP contribution in [-0.4, -0.2) is 25.3 Å². The molecule has 26 heavy (non-hydrogen) atoms. The Morgan fingerprint density at radius 1 is 0.846 bits per heavy atom. The molecule has 0 aliphatic rings. The molecule has 0 unspecified atom stereocenters. The van der Waals surface area contributed by atoms with Crippen LogP contribution in [-0.2, 0) is 4.79 Å². The molecule has 0 aromatic heterocycles. The molecule has 4 nitrogen and oxygen atoms in total. The van der Waals surface area contributed by atoms with Gasteiger partial charge in [0.25, 0.3) is 0 Å². The van der Waals surface area contributed by atoms with E-state index in [2.05, 4.69) is 0 Å². The van der Waals surface area contributed by atoms with Crippen LogP contribution >= 0.6 is 11.6 Å². The summed E-state index contributed by atoms with van der Waals surface area (Å²) in [5, 5.41) is 9.49. The number of benzene rings is 2. The fourth-order valence-electron chi connectivity index (χ4n) is 2.68. The highest BCUT2D eigenvalue weighted by Crippen LogP contribution is 2.33. The van der Waals surface area contributed by atoms with Gasteiger partial charge in [0.2, 0.25) is 0 Å². The van der Waals surface area contributed by atoms with E-state index in [1.54, 1.807) is 14.2 Å². The Hall–Kier alpha value is -2.46. The largest absolute Gasteiger partial charge is 0.497 e. The molecule has 0 saturated carbocycles. The minimum Gasteiger partial charge on any atom is -0.497 e. The van der Waals surface area contributed by atoms with Crippen LogP contribution in [0.25, 0.3) is 5.57 Å². The van der Waals surface area contributed by atoms with Crippen molar-refractivity contribution in [1.82, 2.24) is 0 Å². The minimum absolute atomic E-state index is 0.157. The van der Waals surface area contributed by atoms with Crippen LogP contribution in [0.3, 0.4) is 0 Å². The fourth-order valence-corrected chi connectivity index (χ4v) is 3.03. The fraction of sp³-hybridized carbons (Fsp3) is 0.286. The number of hydrogen-bond acceptors (Lipinski definition) is 3. The number of unbranched alkanes of at least 4 members (excludes halogenated alkanes) is 1. The van der Waals surface area contributed by atoms with Crippen molar-refractivity contribution in [2.24, 2.45) is 0 Å². The zero-order valence-electron chi connectivity index (χ0n) is 15.0. The van der Waals surface area contributed by atoms with Crippen molar-refractivity contribution in [2.75, 3.05) is 14.2 Å². The van der Waals surface area contributed by atoms with Gasteiger partial charge in [-0.1, -0.05) is 35.9 Å². The van der Waals surface area contributed by atoms with Gasteiger partial charge in [0, 0.05) is 17.0 Å². The van der Waals surface area contributed by atoms with Crippen molar-refractivity contribution in [3.8, 4) is 11.5 Å². The zero-order chi connectivity index (χ0) is 18.9. The number of carboxylic acid groups (broad SMARTS) is 1. The van der Waals surface area contributed by atoms with Crippen LogP contribution in [0.5, 0.6) is 11.5 Å². The third-order valence-electron chi connectivity index (χ3n) is 4.07. The van der Waals surface area contributed by atoms with Gasteiger partial charge in [0.15, 0.2) is 0 Å². The summed E-state index contributed by atoms with van der Waals surface area (Å²) >= 11 is 6.65. The summed E-state index contributed by atoms with van der Waals surface area (Å²) in [6.45, 7) is 0. The van der Waals surface area contributed by atoms with E-state index in [-0.39, 0.29) is 6.42 Å². The van der Waals surface area contributed by atoms with Crippen molar-refractivity contribution in [1.29, 1.82) is 0 Å². The molecule has 2 aromatic carbocycles. The molecule has 0 heterocycles. The van der Waals surface area contributed by atoms with Gasteiger partial charge < -0.3 is 14.6 Å². The quantitative estimate of drug-likeness (QED) is 0.601. The van der Waals surface area contributed by atoms with Gasteiger partial charge in [0.1, 0.15) is 11.5 Å². The van der Waals surface area contributed by atoms with E-state index in [0.29, 0.717) is 17.9 Å². The third-order valence-corrected chi connectivity index (χ3v) is 4.44. The molecule has 0 radical (unpaired) electrons. The predicted octanol–water partition coefficient (Wildman–Crippen LogP) is 5.35. The van der Waals surface area contributed by atoms with E-state index < -0.39 is 5.97 Å². The lowest BCUT2D eigenvalue weighted by atomic mass is 9.95. The lowest BCUT2D eigenvalue weighted by Gasteiger charge is -2.13. The molecule has 138 valence electrons. The molecule has 0 spiro atoms. The zero-order valence-corrected chi connectivity index (χ0v) is 15.8. The van der Waals surface area contributed by atoms with Gasteiger partial charge in [-0.05, 0) is 54.7 Å². The molecule has 2 rings (SSSR count). The second-order valence-electron chi connectivity index (χ2n) is 5.84. The Balaban J connectivity index is 2.32. The van der Waals surface area contributed by atoms with E-state index >= 15 is 0 Å². The van der Waals surface area contributed by atoms with E-state index in [1.807, 2.05) is 48.5 Å². The minimum atomic E-state index is -0.782. The molecule has 0 amide bonds. The van der Waals surface area contributed by atoms with Gasteiger partial charge in [-0.2, -0.15) is 0 Å². The first-order valence-electron chi connectivity index (χ1n) is 8.44. The third kappa shape index (κ3) is 5.53. The number of halogens is 1. The number of carboxylic acids is 1. The topological polar surface area (TPSA) is 55.8 Å². The first-order valence-corrected chi connectivity index (χ1v) is 8.82.